The molecule has 4 amide bonds. The molecule has 0 aromatic heterocycles. The van der Waals surface area contributed by atoms with Gasteiger partial charge in [-0.15, -0.1) is 6.58 Å². The smallest absolute Gasteiger partial charge is 0.316 e. The van der Waals surface area contributed by atoms with Crippen LogP contribution in [0.25, 0.3) is 0 Å². The number of rotatable bonds is 14. The zero-order valence-electron chi connectivity index (χ0n) is 24.9. The maximum Gasteiger partial charge on any atom is 0.316 e. The molecule has 232 valence electrons. The molecule has 1 saturated heterocycles. The number of carbonyl (C=O) groups excluding carboxylic acids is 3. The van der Waals surface area contributed by atoms with Crippen LogP contribution in [0.3, 0.4) is 0 Å². The zero-order valence-corrected chi connectivity index (χ0v) is 24.9. The Morgan fingerprint density at radius 3 is 2.61 bits per heavy atom. The van der Waals surface area contributed by atoms with Crippen molar-refractivity contribution < 1.29 is 24.2 Å². The molecule has 2 aliphatic rings. The lowest BCUT2D eigenvalue weighted by molar-refractivity contribution is -0.157. The van der Waals surface area contributed by atoms with E-state index in [1.165, 1.54) is 4.90 Å². The van der Waals surface area contributed by atoms with Gasteiger partial charge in [-0.25, -0.2) is 4.79 Å². The highest BCUT2D eigenvalue weighted by molar-refractivity contribution is 5.91. The molecule has 10 nitrogen and oxygen atoms in total. The maximum absolute atomic E-state index is 14.1. The predicted molar refractivity (Wildman–Crippen MR) is 170 cm³/mol. The van der Waals surface area contributed by atoms with Crippen LogP contribution >= 0.6 is 0 Å². The number of piperazine rings is 1. The summed E-state index contributed by atoms with van der Waals surface area (Å²) in [6.45, 7) is 8.79. The lowest BCUT2D eigenvalue weighted by Gasteiger charge is -2.46. The van der Waals surface area contributed by atoms with E-state index in [4.69, 9.17) is 4.74 Å². The lowest BCUT2D eigenvalue weighted by atomic mass is 9.99. The van der Waals surface area contributed by atoms with Crippen LogP contribution in [0.1, 0.15) is 24.0 Å². The number of phenols is 1. The van der Waals surface area contributed by atoms with Crippen LogP contribution in [0.2, 0.25) is 0 Å². The van der Waals surface area contributed by atoms with Crippen molar-refractivity contribution in [2.24, 2.45) is 0 Å². The van der Waals surface area contributed by atoms with Crippen molar-refractivity contribution >= 4 is 17.8 Å². The Hall–Kier alpha value is -4.83. The van der Waals surface area contributed by atoms with Gasteiger partial charge in [-0.1, -0.05) is 61.2 Å². The zero-order chi connectivity index (χ0) is 31.3. The monoisotopic (exact) mass is 599 g/mol. The Balaban J connectivity index is 1.62. The van der Waals surface area contributed by atoms with Gasteiger partial charge in [0.2, 0.25) is 11.8 Å². The maximum atomic E-state index is 14.1. The van der Waals surface area contributed by atoms with Crippen LogP contribution in [-0.2, 0) is 22.6 Å². The van der Waals surface area contributed by atoms with E-state index >= 15 is 0 Å². The summed E-state index contributed by atoms with van der Waals surface area (Å²) in [4.78, 5) is 44.1. The number of benzene rings is 2. The van der Waals surface area contributed by atoms with Gasteiger partial charge >= 0.3 is 6.03 Å². The number of nitrogens with one attached hydrogen (secondary N) is 3. The van der Waals surface area contributed by atoms with Crippen molar-refractivity contribution in [3.8, 4) is 11.5 Å². The van der Waals surface area contributed by atoms with Crippen molar-refractivity contribution in [1.82, 2.24) is 25.8 Å². The summed E-state index contributed by atoms with van der Waals surface area (Å²) in [5.41, 5.74) is 2.62. The second-order valence-corrected chi connectivity index (χ2v) is 10.7. The van der Waals surface area contributed by atoms with Crippen molar-refractivity contribution in [3.05, 3.63) is 109 Å². The van der Waals surface area contributed by atoms with E-state index in [9.17, 15) is 19.5 Å². The third kappa shape index (κ3) is 9.08. The summed E-state index contributed by atoms with van der Waals surface area (Å²) in [5, 5.41) is 18.7. The molecule has 2 aromatic carbocycles. The first-order chi connectivity index (χ1) is 21.4. The van der Waals surface area contributed by atoms with Gasteiger partial charge in [-0.2, -0.15) is 0 Å². The minimum atomic E-state index is -0.902. The van der Waals surface area contributed by atoms with Gasteiger partial charge in [0.05, 0.1) is 13.1 Å². The number of amides is 4. The average Bonchev–Trinajstić information content (AvgIpc) is 3.03. The van der Waals surface area contributed by atoms with Crippen molar-refractivity contribution in [3.63, 3.8) is 0 Å². The summed E-state index contributed by atoms with van der Waals surface area (Å²) in [6, 6.07) is 12.7. The summed E-state index contributed by atoms with van der Waals surface area (Å²) >= 11 is 0. The van der Waals surface area contributed by atoms with E-state index in [0.29, 0.717) is 25.4 Å². The Labute approximate surface area is 258 Å². The van der Waals surface area contributed by atoms with E-state index in [2.05, 4.69) is 41.3 Å². The van der Waals surface area contributed by atoms with E-state index in [1.54, 1.807) is 41.3 Å². The lowest BCUT2D eigenvalue weighted by Crippen LogP contribution is -2.69. The first-order valence-electron chi connectivity index (χ1n) is 14.8. The number of carbonyl (C=O) groups is 3. The van der Waals surface area contributed by atoms with Crippen LogP contribution in [0.15, 0.2) is 97.6 Å². The minimum absolute atomic E-state index is 0.0362. The van der Waals surface area contributed by atoms with Gasteiger partial charge in [0.15, 0.2) is 0 Å². The normalized spacial score (nSPS) is 17.9. The number of hydrogen-bond donors (Lipinski definition) is 4. The van der Waals surface area contributed by atoms with Crippen LogP contribution in [-0.4, -0.2) is 77.7 Å². The average molecular weight is 600 g/mol. The molecule has 0 unspecified atom stereocenters. The standard InChI is InChI=1S/C34H41N5O5/c1-3-17-35-22-32(41)39-30(20-25-13-15-28(40)16-14-25)33(42)38(23-27-11-8-12-29(19-27)44-18-4-2)24-31(39)37-34(43)36-21-26-9-6-5-7-10-26/h3-4,6,8-16,19,30-31,35,40H,1-2,5,7,17-18,20-24H2,(H2,36,37,43)/t30-,31+/m0/s1. The molecule has 1 aliphatic heterocycles. The molecule has 0 bridgehead atoms. The molecule has 2 atom stereocenters. The van der Waals surface area contributed by atoms with Gasteiger partial charge < -0.3 is 35.6 Å². The molecule has 4 rings (SSSR count). The number of nitrogens with zero attached hydrogens (tertiary/aromatic N) is 2. The van der Waals surface area contributed by atoms with E-state index in [1.807, 2.05) is 30.3 Å². The third-order valence-corrected chi connectivity index (χ3v) is 7.34. The van der Waals surface area contributed by atoms with Crippen LogP contribution < -0.4 is 20.7 Å². The van der Waals surface area contributed by atoms with E-state index < -0.39 is 18.2 Å². The van der Waals surface area contributed by atoms with Gasteiger partial charge in [0.1, 0.15) is 30.3 Å². The van der Waals surface area contributed by atoms with E-state index in [0.717, 1.165) is 29.5 Å². The Bertz CT molecular complexity index is 1390. The highest BCUT2D eigenvalue weighted by atomic mass is 16.5. The van der Waals surface area contributed by atoms with E-state index in [-0.39, 0.29) is 43.6 Å². The van der Waals surface area contributed by atoms with Crippen LogP contribution in [0.5, 0.6) is 11.5 Å². The van der Waals surface area contributed by atoms with Gasteiger partial charge in [-0.05, 0) is 53.8 Å². The fraction of sp³-hybridized carbons (Fsp3) is 0.324. The quantitative estimate of drug-likeness (QED) is 0.195. The molecule has 1 aliphatic carbocycles. The Kier molecular flexibility index (Phi) is 11.8. The predicted octanol–water partition coefficient (Wildman–Crippen LogP) is 3.42. The molecule has 0 radical (unpaired) electrons. The van der Waals surface area contributed by atoms with Gasteiger partial charge in [-0.3, -0.25) is 9.59 Å². The van der Waals surface area contributed by atoms with Gasteiger partial charge in [0.25, 0.3) is 0 Å². The number of urea groups is 1. The van der Waals surface area contributed by atoms with Crippen LogP contribution in [0.4, 0.5) is 4.79 Å². The molecule has 1 fully saturated rings. The molecule has 4 N–H and O–H groups in total. The Morgan fingerprint density at radius 1 is 1.07 bits per heavy atom. The van der Waals surface area contributed by atoms with Crippen molar-refractivity contribution in [1.29, 1.82) is 0 Å². The summed E-state index contributed by atoms with van der Waals surface area (Å²) < 4.78 is 5.68. The molecule has 44 heavy (non-hydrogen) atoms. The number of ether oxygens (including phenoxy) is 1. The number of aromatic hydroxyl groups is 1. The second-order valence-electron chi connectivity index (χ2n) is 10.7. The molecule has 0 saturated carbocycles. The molecule has 0 spiro atoms. The summed E-state index contributed by atoms with van der Waals surface area (Å²) in [5.74, 6) is 0.178. The summed E-state index contributed by atoms with van der Waals surface area (Å²) in [6.07, 6.45) is 10.8. The third-order valence-electron chi connectivity index (χ3n) is 7.34. The highest BCUT2D eigenvalue weighted by Gasteiger charge is 2.43. The first-order valence-corrected chi connectivity index (χ1v) is 14.8. The van der Waals surface area contributed by atoms with Crippen molar-refractivity contribution in [2.75, 3.05) is 32.8 Å². The number of allylic oxidation sites excluding steroid dienone is 2. The molecule has 1 heterocycles. The largest absolute Gasteiger partial charge is 0.508 e. The highest BCUT2D eigenvalue weighted by Crippen LogP contribution is 2.24. The van der Waals surface area contributed by atoms with Crippen molar-refractivity contribution in [2.45, 2.75) is 38.0 Å². The second kappa shape index (κ2) is 16.1. The molecular formula is C34H41N5O5. The molecule has 2 aromatic rings. The fourth-order valence-corrected chi connectivity index (χ4v) is 5.24. The molecule has 10 heteroatoms. The molecular weight excluding hydrogens is 558 g/mol. The minimum Gasteiger partial charge on any atom is -0.508 e. The SMILES string of the molecule is C=CCNCC(=O)N1[C@@H](NC(=O)NCC2=CCCC=C2)CN(Cc2cccc(OCC=C)c2)C(=O)[C@@H]1Cc1ccc(O)cc1. The fourth-order valence-electron chi connectivity index (χ4n) is 5.24. The Morgan fingerprint density at radius 2 is 1.89 bits per heavy atom. The summed E-state index contributed by atoms with van der Waals surface area (Å²) in [7, 11) is 0. The number of phenolic OH excluding ortho intramolecular Hbond substituents is 1. The van der Waals surface area contributed by atoms with Gasteiger partial charge in [0, 0.05) is 26.1 Å². The number of hydrogen-bond acceptors (Lipinski definition) is 6. The first kappa shape index (κ1) is 32.1. The van der Waals surface area contributed by atoms with Crippen LogP contribution in [0, 0.1) is 0 Å². The topological polar surface area (TPSA) is 123 Å².